The molecule has 0 radical (unpaired) electrons. The SMILES string of the molecule is CC(N)C(=O)NCC1(N(C)C)CCCCC1.Cl. The molecule has 1 fully saturated rings. The highest BCUT2D eigenvalue weighted by Gasteiger charge is 2.34. The summed E-state index contributed by atoms with van der Waals surface area (Å²) in [5, 5.41) is 2.97. The minimum Gasteiger partial charge on any atom is -0.353 e. The van der Waals surface area contributed by atoms with Crippen LogP contribution < -0.4 is 11.1 Å². The van der Waals surface area contributed by atoms with Crippen molar-refractivity contribution < 1.29 is 4.79 Å². The normalized spacial score (nSPS) is 20.5. The highest BCUT2D eigenvalue weighted by Crippen LogP contribution is 2.31. The van der Waals surface area contributed by atoms with Gasteiger partial charge in [0.2, 0.25) is 5.91 Å². The predicted molar refractivity (Wildman–Crippen MR) is 73.4 cm³/mol. The van der Waals surface area contributed by atoms with Gasteiger partial charge in [0.05, 0.1) is 6.04 Å². The average molecular weight is 264 g/mol. The van der Waals surface area contributed by atoms with Crippen LogP contribution in [-0.4, -0.2) is 43.0 Å². The van der Waals surface area contributed by atoms with E-state index in [2.05, 4.69) is 24.3 Å². The molecule has 5 heteroatoms. The van der Waals surface area contributed by atoms with Crippen molar-refractivity contribution in [3.05, 3.63) is 0 Å². The van der Waals surface area contributed by atoms with Gasteiger partial charge in [0.15, 0.2) is 0 Å². The molecule has 1 aliphatic carbocycles. The molecule has 1 amide bonds. The standard InChI is InChI=1S/C12H25N3O.ClH/c1-10(13)11(16)14-9-12(15(2)3)7-5-4-6-8-12;/h10H,4-9,13H2,1-3H3,(H,14,16);1H. The first kappa shape index (κ1) is 16.7. The van der Waals surface area contributed by atoms with Crippen molar-refractivity contribution in [3.8, 4) is 0 Å². The van der Waals surface area contributed by atoms with Crippen molar-refractivity contribution in [2.75, 3.05) is 20.6 Å². The highest BCUT2D eigenvalue weighted by atomic mass is 35.5. The van der Waals surface area contributed by atoms with Crippen molar-refractivity contribution in [2.45, 2.75) is 50.6 Å². The predicted octanol–water partition coefficient (Wildman–Crippen LogP) is 1.14. The molecule has 4 nitrogen and oxygen atoms in total. The van der Waals surface area contributed by atoms with Crippen LogP contribution in [0.1, 0.15) is 39.0 Å². The minimum absolute atomic E-state index is 0. The molecule has 1 atom stereocenters. The lowest BCUT2D eigenvalue weighted by Crippen LogP contribution is -2.55. The van der Waals surface area contributed by atoms with Crippen molar-refractivity contribution in [2.24, 2.45) is 5.73 Å². The van der Waals surface area contributed by atoms with E-state index in [1.165, 1.54) is 32.1 Å². The summed E-state index contributed by atoms with van der Waals surface area (Å²) in [6, 6.07) is -0.414. The topological polar surface area (TPSA) is 58.4 Å². The van der Waals surface area contributed by atoms with E-state index in [-0.39, 0.29) is 23.9 Å². The Bertz CT molecular complexity index is 238. The fourth-order valence-corrected chi connectivity index (χ4v) is 2.40. The summed E-state index contributed by atoms with van der Waals surface area (Å²) in [5.41, 5.74) is 5.69. The summed E-state index contributed by atoms with van der Waals surface area (Å²) in [6.07, 6.45) is 6.16. The Morgan fingerprint density at radius 2 is 1.88 bits per heavy atom. The van der Waals surface area contributed by atoms with Crippen LogP contribution >= 0.6 is 12.4 Å². The molecule has 3 N–H and O–H groups in total. The van der Waals surface area contributed by atoms with E-state index < -0.39 is 6.04 Å². The number of halogens is 1. The fourth-order valence-electron chi connectivity index (χ4n) is 2.40. The van der Waals surface area contributed by atoms with Crippen LogP contribution in [0.3, 0.4) is 0 Å². The van der Waals surface area contributed by atoms with Gasteiger partial charge in [-0.25, -0.2) is 0 Å². The van der Waals surface area contributed by atoms with Crippen LogP contribution in [0.4, 0.5) is 0 Å². The smallest absolute Gasteiger partial charge is 0.236 e. The number of amides is 1. The van der Waals surface area contributed by atoms with Crippen LogP contribution in [0.25, 0.3) is 0 Å². The third kappa shape index (κ3) is 4.45. The Balaban J connectivity index is 0.00000256. The zero-order chi connectivity index (χ0) is 12.2. The zero-order valence-electron chi connectivity index (χ0n) is 11.2. The lowest BCUT2D eigenvalue weighted by molar-refractivity contribution is -0.122. The lowest BCUT2D eigenvalue weighted by atomic mass is 9.80. The summed E-state index contributed by atoms with van der Waals surface area (Å²) in [5.74, 6) is -0.0493. The molecule has 0 aromatic heterocycles. The molecule has 1 unspecified atom stereocenters. The first-order valence-corrected chi connectivity index (χ1v) is 6.19. The van der Waals surface area contributed by atoms with Crippen LogP contribution in [0.15, 0.2) is 0 Å². The van der Waals surface area contributed by atoms with E-state index in [0.717, 1.165) is 6.54 Å². The molecule has 0 bridgehead atoms. The molecule has 0 saturated heterocycles. The molecule has 0 aromatic rings. The van der Waals surface area contributed by atoms with Gasteiger partial charge < -0.3 is 16.0 Å². The van der Waals surface area contributed by atoms with E-state index in [0.29, 0.717) is 0 Å². The summed E-state index contributed by atoms with van der Waals surface area (Å²) >= 11 is 0. The number of rotatable bonds is 4. The first-order chi connectivity index (χ1) is 7.48. The van der Waals surface area contributed by atoms with Crippen LogP contribution in [-0.2, 0) is 4.79 Å². The van der Waals surface area contributed by atoms with Crippen molar-refractivity contribution in [3.63, 3.8) is 0 Å². The highest BCUT2D eigenvalue weighted by molar-refractivity contribution is 5.85. The van der Waals surface area contributed by atoms with Gasteiger partial charge in [0.25, 0.3) is 0 Å². The Morgan fingerprint density at radius 1 is 1.35 bits per heavy atom. The summed E-state index contributed by atoms with van der Waals surface area (Å²) in [7, 11) is 4.20. The van der Waals surface area contributed by atoms with Gasteiger partial charge >= 0.3 is 0 Å². The number of likely N-dealkylation sites (N-methyl/N-ethyl adjacent to an activating group) is 1. The number of carbonyl (C=O) groups excluding carboxylic acids is 1. The molecular weight excluding hydrogens is 238 g/mol. The second-order valence-electron chi connectivity index (χ2n) is 5.19. The Kier molecular flexibility index (Phi) is 7.05. The van der Waals surface area contributed by atoms with Crippen LogP contribution in [0.5, 0.6) is 0 Å². The van der Waals surface area contributed by atoms with Crippen molar-refractivity contribution >= 4 is 18.3 Å². The number of hydrogen-bond donors (Lipinski definition) is 2. The second-order valence-corrected chi connectivity index (χ2v) is 5.19. The van der Waals surface area contributed by atoms with E-state index in [1.54, 1.807) is 6.92 Å². The maximum Gasteiger partial charge on any atom is 0.236 e. The average Bonchev–Trinajstić information content (AvgIpc) is 2.26. The van der Waals surface area contributed by atoms with E-state index in [4.69, 9.17) is 5.73 Å². The Hall–Kier alpha value is -0.320. The molecule has 0 aliphatic heterocycles. The number of nitrogens with zero attached hydrogens (tertiary/aromatic N) is 1. The van der Waals surface area contributed by atoms with E-state index in [1.807, 2.05) is 0 Å². The Labute approximate surface area is 111 Å². The fraction of sp³-hybridized carbons (Fsp3) is 0.917. The zero-order valence-corrected chi connectivity index (χ0v) is 12.0. The third-order valence-corrected chi connectivity index (χ3v) is 3.74. The minimum atomic E-state index is -0.414. The largest absolute Gasteiger partial charge is 0.353 e. The second kappa shape index (κ2) is 7.19. The number of nitrogens with two attached hydrogens (primary N) is 1. The van der Waals surface area contributed by atoms with Gasteiger partial charge in [-0.05, 0) is 33.9 Å². The van der Waals surface area contributed by atoms with Gasteiger partial charge in [0.1, 0.15) is 0 Å². The van der Waals surface area contributed by atoms with E-state index >= 15 is 0 Å². The maximum atomic E-state index is 11.5. The van der Waals surface area contributed by atoms with Gasteiger partial charge in [-0.2, -0.15) is 0 Å². The summed E-state index contributed by atoms with van der Waals surface area (Å²) < 4.78 is 0. The molecule has 1 saturated carbocycles. The van der Waals surface area contributed by atoms with Crippen LogP contribution in [0, 0.1) is 0 Å². The van der Waals surface area contributed by atoms with E-state index in [9.17, 15) is 4.79 Å². The quantitative estimate of drug-likeness (QED) is 0.800. The number of nitrogens with one attached hydrogen (secondary N) is 1. The van der Waals surface area contributed by atoms with Gasteiger partial charge in [0, 0.05) is 12.1 Å². The van der Waals surface area contributed by atoms with Gasteiger partial charge in [-0.3, -0.25) is 4.79 Å². The molecule has 1 rings (SSSR count). The molecular formula is C12H26ClN3O. The van der Waals surface area contributed by atoms with Crippen molar-refractivity contribution in [1.82, 2.24) is 10.2 Å². The molecule has 17 heavy (non-hydrogen) atoms. The Morgan fingerprint density at radius 3 is 2.29 bits per heavy atom. The summed E-state index contributed by atoms with van der Waals surface area (Å²) in [4.78, 5) is 13.8. The first-order valence-electron chi connectivity index (χ1n) is 6.19. The third-order valence-electron chi connectivity index (χ3n) is 3.74. The molecule has 102 valence electrons. The lowest BCUT2D eigenvalue weighted by Gasteiger charge is -2.43. The van der Waals surface area contributed by atoms with Gasteiger partial charge in [-0.1, -0.05) is 19.3 Å². The monoisotopic (exact) mass is 263 g/mol. The number of carbonyl (C=O) groups is 1. The van der Waals surface area contributed by atoms with Gasteiger partial charge in [-0.15, -0.1) is 12.4 Å². The molecule has 0 heterocycles. The number of hydrogen-bond acceptors (Lipinski definition) is 3. The summed E-state index contributed by atoms with van der Waals surface area (Å²) in [6.45, 7) is 2.44. The maximum absolute atomic E-state index is 11.5. The molecule has 1 aliphatic rings. The van der Waals surface area contributed by atoms with Crippen molar-refractivity contribution in [1.29, 1.82) is 0 Å². The van der Waals surface area contributed by atoms with Crippen LogP contribution in [0.2, 0.25) is 0 Å². The molecule has 0 aromatic carbocycles. The molecule has 0 spiro atoms.